The molecule has 0 atom stereocenters. The van der Waals surface area contributed by atoms with Crippen LogP contribution >= 0.6 is 0 Å². The minimum Gasteiger partial charge on any atom is -0.507 e. The number of rotatable bonds is 2. The molecule has 0 bridgehead atoms. The number of phenols is 1. The second-order valence-corrected chi connectivity index (χ2v) is 2.40. The van der Waals surface area contributed by atoms with Gasteiger partial charge in [-0.1, -0.05) is 6.07 Å². The topological polar surface area (TPSA) is 61.1 Å². The predicted octanol–water partition coefficient (Wildman–Crippen LogP) is 1.74. The van der Waals surface area contributed by atoms with Crippen molar-refractivity contribution in [1.29, 1.82) is 5.26 Å². The van der Waals surface area contributed by atoms with E-state index in [1.807, 2.05) is 6.07 Å². The maximum atomic E-state index is 10.4. The molecule has 0 spiro atoms. The molecular formula is C10H7NO2. The number of benzene rings is 1. The van der Waals surface area contributed by atoms with Gasteiger partial charge in [0.25, 0.3) is 0 Å². The Morgan fingerprint density at radius 2 is 2.23 bits per heavy atom. The van der Waals surface area contributed by atoms with Crippen LogP contribution in [0, 0.1) is 11.3 Å². The van der Waals surface area contributed by atoms with E-state index >= 15 is 0 Å². The Bertz CT molecular complexity index is 388. The SMILES string of the molecule is N#CC=Cc1ccc(O)c(C=O)c1. The highest BCUT2D eigenvalue weighted by atomic mass is 16.3. The zero-order valence-corrected chi connectivity index (χ0v) is 6.77. The molecule has 3 heteroatoms. The first-order valence-corrected chi connectivity index (χ1v) is 3.62. The lowest BCUT2D eigenvalue weighted by Crippen LogP contribution is -1.82. The third-order valence-corrected chi connectivity index (χ3v) is 1.53. The van der Waals surface area contributed by atoms with Crippen LogP contribution in [-0.4, -0.2) is 11.4 Å². The Hall–Kier alpha value is -2.08. The highest BCUT2D eigenvalue weighted by Crippen LogP contribution is 2.16. The van der Waals surface area contributed by atoms with Crippen LogP contribution in [0.4, 0.5) is 0 Å². The van der Waals surface area contributed by atoms with E-state index < -0.39 is 0 Å². The van der Waals surface area contributed by atoms with Gasteiger partial charge in [0, 0.05) is 6.08 Å². The van der Waals surface area contributed by atoms with Gasteiger partial charge in [-0.2, -0.15) is 5.26 Å². The second kappa shape index (κ2) is 4.07. The maximum Gasteiger partial charge on any atom is 0.153 e. The Kier molecular flexibility index (Phi) is 2.82. The summed E-state index contributed by atoms with van der Waals surface area (Å²) in [7, 11) is 0. The van der Waals surface area contributed by atoms with Crippen molar-refractivity contribution < 1.29 is 9.90 Å². The monoisotopic (exact) mass is 173 g/mol. The van der Waals surface area contributed by atoms with Crippen LogP contribution < -0.4 is 0 Å². The molecule has 0 aliphatic carbocycles. The van der Waals surface area contributed by atoms with E-state index in [1.165, 1.54) is 18.2 Å². The van der Waals surface area contributed by atoms with Crippen LogP contribution in [0.5, 0.6) is 5.75 Å². The molecule has 3 nitrogen and oxygen atoms in total. The molecule has 1 N–H and O–H groups in total. The normalized spacial score (nSPS) is 9.77. The van der Waals surface area contributed by atoms with Gasteiger partial charge >= 0.3 is 0 Å². The highest BCUT2D eigenvalue weighted by molar-refractivity contribution is 5.80. The summed E-state index contributed by atoms with van der Waals surface area (Å²) in [5.74, 6) is -0.0518. The van der Waals surface area contributed by atoms with Crippen LogP contribution in [0.2, 0.25) is 0 Å². The number of nitrogens with zero attached hydrogens (tertiary/aromatic N) is 1. The third-order valence-electron chi connectivity index (χ3n) is 1.53. The van der Waals surface area contributed by atoms with Gasteiger partial charge < -0.3 is 5.11 Å². The number of nitriles is 1. The number of allylic oxidation sites excluding steroid dienone is 1. The molecule has 13 heavy (non-hydrogen) atoms. The van der Waals surface area contributed by atoms with Gasteiger partial charge in [0.1, 0.15) is 5.75 Å². The number of aromatic hydroxyl groups is 1. The van der Waals surface area contributed by atoms with E-state index in [2.05, 4.69) is 0 Å². The Morgan fingerprint density at radius 1 is 1.46 bits per heavy atom. The van der Waals surface area contributed by atoms with E-state index in [9.17, 15) is 4.79 Å². The molecule has 0 fully saturated rings. The molecular weight excluding hydrogens is 166 g/mol. The lowest BCUT2D eigenvalue weighted by molar-refractivity contribution is 0.112. The molecule has 1 aromatic carbocycles. The largest absolute Gasteiger partial charge is 0.507 e. The van der Waals surface area contributed by atoms with E-state index in [4.69, 9.17) is 10.4 Å². The molecule has 64 valence electrons. The summed E-state index contributed by atoms with van der Waals surface area (Å²) in [6, 6.07) is 6.39. The summed E-state index contributed by atoms with van der Waals surface area (Å²) in [5.41, 5.74) is 0.932. The average Bonchev–Trinajstić information content (AvgIpc) is 2.16. The quantitative estimate of drug-likeness (QED) is 0.547. The molecule has 0 saturated carbocycles. The van der Waals surface area contributed by atoms with E-state index in [1.54, 1.807) is 12.1 Å². The van der Waals surface area contributed by atoms with Crippen molar-refractivity contribution in [2.75, 3.05) is 0 Å². The molecule has 0 aromatic heterocycles. The fraction of sp³-hybridized carbons (Fsp3) is 0. The molecule has 1 rings (SSSR count). The standard InChI is InChI=1S/C10H7NO2/c11-5-1-2-8-3-4-10(13)9(6-8)7-12/h1-4,6-7,13H. The van der Waals surface area contributed by atoms with Gasteiger partial charge in [-0.3, -0.25) is 4.79 Å². The van der Waals surface area contributed by atoms with Crippen LogP contribution in [0.3, 0.4) is 0 Å². The first-order valence-electron chi connectivity index (χ1n) is 3.62. The predicted molar refractivity (Wildman–Crippen MR) is 48.1 cm³/mol. The number of carbonyl (C=O) groups is 1. The first-order chi connectivity index (χ1) is 6.27. The lowest BCUT2D eigenvalue weighted by atomic mass is 10.1. The summed E-state index contributed by atoms with van der Waals surface area (Å²) in [5, 5.41) is 17.4. The van der Waals surface area contributed by atoms with Gasteiger partial charge in [-0.25, -0.2) is 0 Å². The van der Waals surface area contributed by atoms with Crippen molar-refractivity contribution in [3.63, 3.8) is 0 Å². The fourth-order valence-corrected chi connectivity index (χ4v) is 0.905. The van der Waals surface area contributed by atoms with Gasteiger partial charge in [0.05, 0.1) is 11.6 Å². The molecule has 1 aromatic rings. The summed E-state index contributed by atoms with van der Waals surface area (Å²) in [6.45, 7) is 0. The smallest absolute Gasteiger partial charge is 0.153 e. The molecule has 0 heterocycles. The van der Waals surface area contributed by atoms with Crippen LogP contribution in [0.1, 0.15) is 15.9 Å². The van der Waals surface area contributed by atoms with Gasteiger partial charge in [-0.05, 0) is 23.8 Å². The summed E-state index contributed by atoms with van der Waals surface area (Å²) in [4.78, 5) is 10.4. The van der Waals surface area contributed by atoms with Crippen molar-refractivity contribution in [1.82, 2.24) is 0 Å². The second-order valence-electron chi connectivity index (χ2n) is 2.40. The number of aldehydes is 1. The van der Waals surface area contributed by atoms with Gasteiger partial charge in [0.2, 0.25) is 0 Å². The average molecular weight is 173 g/mol. The molecule has 0 saturated heterocycles. The minimum atomic E-state index is -0.0518. The Morgan fingerprint density at radius 3 is 2.85 bits per heavy atom. The fourth-order valence-electron chi connectivity index (χ4n) is 0.905. The van der Waals surface area contributed by atoms with Crippen molar-refractivity contribution in [2.24, 2.45) is 0 Å². The van der Waals surface area contributed by atoms with Gasteiger partial charge in [0.15, 0.2) is 6.29 Å². The maximum absolute atomic E-state index is 10.4. The number of carbonyl (C=O) groups excluding carboxylic acids is 1. The van der Waals surface area contributed by atoms with E-state index in [0.717, 1.165) is 0 Å². The van der Waals surface area contributed by atoms with E-state index in [0.29, 0.717) is 11.8 Å². The van der Waals surface area contributed by atoms with Crippen LogP contribution in [0.15, 0.2) is 24.3 Å². The number of hydrogen-bond acceptors (Lipinski definition) is 3. The van der Waals surface area contributed by atoms with Gasteiger partial charge in [-0.15, -0.1) is 0 Å². The van der Waals surface area contributed by atoms with Crippen molar-refractivity contribution in [3.8, 4) is 11.8 Å². The van der Waals surface area contributed by atoms with Crippen LogP contribution in [-0.2, 0) is 0 Å². The molecule has 0 unspecified atom stereocenters. The minimum absolute atomic E-state index is 0.0518. The van der Waals surface area contributed by atoms with Crippen molar-refractivity contribution in [3.05, 3.63) is 35.4 Å². The molecule has 0 aliphatic rings. The zero-order valence-electron chi connectivity index (χ0n) is 6.77. The number of phenolic OH excluding ortho intramolecular Hbond substituents is 1. The van der Waals surface area contributed by atoms with E-state index in [-0.39, 0.29) is 11.3 Å². The van der Waals surface area contributed by atoms with Crippen molar-refractivity contribution >= 4 is 12.4 Å². The first kappa shape index (κ1) is 9.01. The van der Waals surface area contributed by atoms with Crippen LogP contribution in [0.25, 0.3) is 6.08 Å². The third kappa shape index (κ3) is 2.17. The summed E-state index contributed by atoms with van der Waals surface area (Å²) >= 11 is 0. The molecule has 0 aliphatic heterocycles. The molecule has 0 radical (unpaired) electrons. The summed E-state index contributed by atoms with van der Waals surface area (Å²) < 4.78 is 0. The number of hydrogen-bond donors (Lipinski definition) is 1. The zero-order chi connectivity index (χ0) is 9.68. The molecule has 0 amide bonds. The summed E-state index contributed by atoms with van der Waals surface area (Å²) in [6.07, 6.45) is 3.44. The Labute approximate surface area is 75.5 Å². The Balaban J connectivity index is 3.08. The lowest BCUT2D eigenvalue weighted by Gasteiger charge is -1.97. The van der Waals surface area contributed by atoms with Crippen molar-refractivity contribution in [2.45, 2.75) is 0 Å². The highest BCUT2D eigenvalue weighted by Gasteiger charge is 1.98.